The molecule has 0 bridgehead atoms. The second-order valence-corrected chi connectivity index (χ2v) is 5.95. The fourth-order valence-electron chi connectivity index (χ4n) is 2.97. The van der Waals surface area contributed by atoms with Crippen molar-refractivity contribution in [2.24, 2.45) is 0 Å². The van der Waals surface area contributed by atoms with Gasteiger partial charge in [0.05, 0.1) is 23.7 Å². The average molecular weight is 364 g/mol. The van der Waals surface area contributed by atoms with Crippen LogP contribution in [0.4, 0.5) is 8.78 Å². The standard InChI is InChI=1S/C21H14F2N2O2/c1-27-21(26)14-4-11-19-18(12-14)24-20(13-2-5-15(22)6-3-13)25(19)17-9-7-16(23)8-10-17/h2-12H,1H3. The van der Waals surface area contributed by atoms with Gasteiger partial charge in [-0.3, -0.25) is 4.57 Å². The molecule has 3 aromatic carbocycles. The zero-order valence-corrected chi connectivity index (χ0v) is 14.3. The Hall–Kier alpha value is -3.54. The third-order valence-corrected chi connectivity index (χ3v) is 4.26. The minimum Gasteiger partial charge on any atom is -0.465 e. The molecular weight excluding hydrogens is 350 g/mol. The Balaban J connectivity index is 1.99. The van der Waals surface area contributed by atoms with Crippen molar-refractivity contribution in [1.29, 1.82) is 0 Å². The lowest BCUT2D eigenvalue weighted by molar-refractivity contribution is 0.0601. The number of halogens is 2. The van der Waals surface area contributed by atoms with E-state index in [9.17, 15) is 13.6 Å². The first kappa shape index (κ1) is 16.9. The van der Waals surface area contributed by atoms with E-state index in [0.29, 0.717) is 28.2 Å². The molecule has 0 saturated heterocycles. The number of ether oxygens (including phenoxy) is 1. The number of hydrogen-bond donors (Lipinski definition) is 0. The third kappa shape index (κ3) is 3.06. The van der Waals surface area contributed by atoms with Gasteiger partial charge in [0, 0.05) is 11.3 Å². The van der Waals surface area contributed by atoms with E-state index in [1.165, 1.54) is 31.4 Å². The Bertz CT molecular complexity index is 1130. The molecule has 0 atom stereocenters. The molecule has 0 fully saturated rings. The molecule has 0 aliphatic rings. The highest BCUT2D eigenvalue weighted by atomic mass is 19.1. The smallest absolute Gasteiger partial charge is 0.337 e. The van der Waals surface area contributed by atoms with Gasteiger partial charge in [0.1, 0.15) is 17.5 Å². The van der Waals surface area contributed by atoms with Gasteiger partial charge in [0.25, 0.3) is 0 Å². The second-order valence-electron chi connectivity index (χ2n) is 5.95. The minimum absolute atomic E-state index is 0.348. The van der Waals surface area contributed by atoms with E-state index in [2.05, 4.69) is 4.98 Å². The summed E-state index contributed by atoms with van der Waals surface area (Å²) in [6.07, 6.45) is 0. The summed E-state index contributed by atoms with van der Waals surface area (Å²) >= 11 is 0. The molecule has 4 rings (SSSR count). The molecule has 1 aromatic heterocycles. The predicted molar refractivity (Wildman–Crippen MR) is 97.8 cm³/mol. The Morgan fingerprint density at radius 2 is 1.56 bits per heavy atom. The van der Waals surface area contributed by atoms with E-state index in [1.54, 1.807) is 42.5 Å². The largest absolute Gasteiger partial charge is 0.465 e. The maximum absolute atomic E-state index is 13.4. The molecule has 0 amide bonds. The van der Waals surface area contributed by atoms with Crippen molar-refractivity contribution >= 4 is 17.0 Å². The van der Waals surface area contributed by atoms with E-state index in [1.807, 2.05) is 4.57 Å². The Morgan fingerprint density at radius 1 is 0.926 bits per heavy atom. The lowest BCUT2D eigenvalue weighted by atomic mass is 10.2. The number of imidazole rings is 1. The van der Waals surface area contributed by atoms with Crippen LogP contribution in [0.15, 0.2) is 66.7 Å². The molecule has 0 saturated carbocycles. The number of aromatic nitrogens is 2. The lowest BCUT2D eigenvalue weighted by Gasteiger charge is -2.10. The zero-order chi connectivity index (χ0) is 19.0. The normalized spacial score (nSPS) is 10.9. The van der Waals surface area contributed by atoms with Crippen LogP contribution in [0.1, 0.15) is 10.4 Å². The fourth-order valence-corrected chi connectivity index (χ4v) is 2.97. The molecule has 0 spiro atoms. The highest BCUT2D eigenvalue weighted by molar-refractivity contribution is 5.95. The number of benzene rings is 3. The number of fused-ring (bicyclic) bond motifs is 1. The summed E-state index contributed by atoms with van der Waals surface area (Å²) in [5, 5.41) is 0. The molecule has 27 heavy (non-hydrogen) atoms. The van der Waals surface area contributed by atoms with Gasteiger partial charge in [0.15, 0.2) is 0 Å². The van der Waals surface area contributed by atoms with E-state index < -0.39 is 5.97 Å². The van der Waals surface area contributed by atoms with Crippen molar-refractivity contribution in [3.8, 4) is 17.1 Å². The van der Waals surface area contributed by atoms with Gasteiger partial charge in [-0.1, -0.05) is 0 Å². The van der Waals surface area contributed by atoms with Gasteiger partial charge in [0.2, 0.25) is 0 Å². The SMILES string of the molecule is COC(=O)c1ccc2c(c1)nc(-c1ccc(F)cc1)n2-c1ccc(F)cc1. The Labute approximate surface area is 153 Å². The number of hydrogen-bond acceptors (Lipinski definition) is 3. The molecule has 6 heteroatoms. The Morgan fingerprint density at radius 3 is 2.19 bits per heavy atom. The topological polar surface area (TPSA) is 44.1 Å². The van der Waals surface area contributed by atoms with E-state index >= 15 is 0 Å². The third-order valence-electron chi connectivity index (χ3n) is 4.26. The van der Waals surface area contributed by atoms with Crippen LogP contribution in [0.25, 0.3) is 28.1 Å². The van der Waals surface area contributed by atoms with Gasteiger partial charge in [-0.2, -0.15) is 0 Å². The predicted octanol–water partition coefficient (Wildman–Crippen LogP) is 4.76. The Kier molecular flexibility index (Phi) is 4.16. The van der Waals surface area contributed by atoms with Crippen LogP contribution in [-0.2, 0) is 4.74 Å². The molecule has 1 heterocycles. The highest BCUT2D eigenvalue weighted by Gasteiger charge is 2.16. The van der Waals surface area contributed by atoms with Gasteiger partial charge in [-0.05, 0) is 66.7 Å². The number of rotatable bonds is 3. The number of carbonyl (C=O) groups is 1. The first-order chi connectivity index (χ1) is 13.1. The van der Waals surface area contributed by atoms with Crippen LogP contribution >= 0.6 is 0 Å². The van der Waals surface area contributed by atoms with Gasteiger partial charge < -0.3 is 4.74 Å². The molecule has 134 valence electrons. The van der Waals surface area contributed by atoms with E-state index in [0.717, 1.165) is 5.52 Å². The van der Waals surface area contributed by atoms with Crippen molar-refractivity contribution in [2.75, 3.05) is 7.11 Å². The maximum atomic E-state index is 13.4. The molecule has 0 N–H and O–H groups in total. The monoisotopic (exact) mass is 364 g/mol. The van der Waals surface area contributed by atoms with Gasteiger partial charge in [-0.25, -0.2) is 18.6 Å². The average Bonchev–Trinajstić information content (AvgIpc) is 3.07. The fraction of sp³-hybridized carbons (Fsp3) is 0.0476. The van der Waals surface area contributed by atoms with Gasteiger partial charge >= 0.3 is 5.97 Å². The molecule has 0 unspecified atom stereocenters. The summed E-state index contributed by atoms with van der Waals surface area (Å²) in [7, 11) is 1.31. The summed E-state index contributed by atoms with van der Waals surface area (Å²) in [5.74, 6) is -0.606. The quantitative estimate of drug-likeness (QED) is 0.493. The molecule has 0 aliphatic carbocycles. The van der Waals surface area contributed by atoms with Gasteiger partial charge in [-0.15, -0.1) is 0 Å². The van der Waals surface area contributed by atoms with E-state index in [-0.39, 0.29) is 11.6 Å². The summed E-state index contributed by atoms with van der Waals surface area (Å²) < 4.78 is 33.3. The highest BCUT2D eigenvalue weighted by Crippen LogP contribution is 2.29. The minimum atomic E-state index is -0.462. The van der Waals surface area contributed by atoms with Crippen LogP contribution in [0.2, 0.25) is 0 Å². The van der Waals surface area contributed by atoms with Crippen molar-refractivity contribution in [1.82, 2.24) is 9.55 Å². The molecule has 0 aliphatic heterocycles. The van der Waals surface area contributed by atoms with Crippen LogP contribution in [-0.4, -0.2) is 22.6 Å². The number of esters is 1. The molecule has 0 radical (unpaired) electrons. The van der Waals surface area contributed by atoms with Crippen LogP contribution in [0, 0.1) is 11.6 Å². The second kappa shape index (κ2) is 6.64. The number of carbonyl (C=O) groups excluding carboxylic acids is 1. The van der Waals surface area contributed by atoms with Crippen LogP contribution in [0.3, 0.4) is 0 Å². The maximum Gasteiger partial charge on any atom is 0.337 e. The van der Waals surface area contributed by atoms with Crippen molar-refractivity contribution in [3.63, 3.8) is 0 Å². The molecule has 4 nitrogen and oxygen atoms in total. The summed E-state index contributed by atoms with van der Waals surface area (Å²) in [6, 6.07) is 17.0. The van der Waals surface area contributed by atoms with Crippen LogP contribution < -0.4 is 0 Å². The summed E-state index contributed by atoms with van der Waals surface area (Å²) in [4.78, 5) is 16.5. The summed E-state index contributed by atoms with van der Waals surface area (Å²) in [5.41, 5.74) is 3.06. The zero-order valence-electron chi connectivity index (χ0n) is 14.3. The van der Waals surface area contributed by atoms with Crippen LogP contribution in [0.5, 0.6) is 0 Å². The van der Waals surface area contributed by atoms with Crippen molar-refractivity contribution in [3.05, 3.63) is 83.9 Å². The molecular formula is C21H14F2N2O2. The van der Waals surface area contributed by atoms with Crippen molar-refractivity contribution < 1.29 is 18.3 Å². The first-order valence-corrected chi connectivity index (χ1v) is 8.19. The van der Waals surface area contributed by atoms with Crippen molar-refractivity contribution in [2.45, 2.75) is 0 Å². The lowest BCUT2D eigenvalue weighted by Crippen LogP contribution is -2.01. The molecule has 4 aromatic rings. The number of nitrogens with zero attached hydrogens (tertiary/aromatic N) is 2. The number of methoxy groups -OCH3 is 1. The summed E-state index contributed by atoms with van der Waals surface area (Å²) in [6.45, 7) is 0. The van der Waals surface area contributed by atoms with E-state index in [4.69, 9.17) is 4.74 Å². The first-order valence-electron chi connectivity index (χ1n) is 8.19.